The first-order valence-corrected chi connectivity index (χ1v) is 5.81. The molecule has 2 heterocycles. The van der Waals surface area contributed by atoms with Crippen LogP contribution in [0.15, 0.2) is 30.3 Å². The third-order valence-corrected chi connectivity index (χ3v) is 3.30. The summed E-state index contributed by atoms with van der Waals surface area (Å²) < 4.78 is 4.64. The zero-order chi connectivity index (χ0) is 12.3. The molecule has 4 nitrogen and oxygen atoms in total. The van der Waals surface area contributed by atoms with Crippen molar-refractivity contribution in [2.24, 2.45) is 0 Å². The van der Waals surface area contributed by atoms with Gasteiger partial charge in [0.05, 0.1) is 30.0 Å². The van der Waals surface area contributed by atoms with E-state index < -0.39 is 0 Å². The molecule has 0 amide bonds. The number of thiophene rings is 1. The van der Waals surface area contributed by atoms with Crippen molar-refractivity contribution in [3.05, 3.63) is 40.9 Å². The van der Waals surface area contributed by atoms with Crippen molar-refractivity contribution in [2.75, 3.05) is 7.11 Å². The van der Waals surface area contributed by atoms with Crippen LogP contribution in [0, 0.1) is 0 Å². The number of esters is 1. The van der Waals surface area contributed by atoms with Gasteiger partial charge in [-0.2, -0.15) is 0 Å². The van der Waals surface area contributed by atoms with Gasteiger partial charge in [-0.05, 0) is 24.3 Å². The average Bonchev–Trinajstić information content (AvgIpc) is 2.87. The molecule has 0 unspecified atom stereocenters. The molecule has 0 aliphatic carbocycles. The van der Waals surface area contributed by atoms with Gasteiger partial charge in [-0.3, -0.25) is 0 Å². The summed E-state index contributed by atoms with van der Waals surface area (Å²) in [7, 11) is 1.35. The SMILES string of the molecule is COC(=O)c1ccc(-c2cccc(CO)n2)s1. The number of carbonyl (C=O) groups is 1. The fraction of sp³-hybridized carbons (Fsp3) is 0.167. The minimum Gasteiger partial charge on any atom is -0.465 e. The average molecular weight is 249 g/mol. The summed E-state index contributed by atoms with van der Waals surface area (Å²) in [5.74, 6) is -0.348. The Kier molecular flexibility index (Phi) is 3.51. The lowest BCUT2D eigenvalue weighted by atomic mass is 10.2. The minimum atomic E-state index is -0.348. The number of pyridine rings is 1. The van der Waals surface area contributed by atoms with E-state index in [0.717, 1.165) is 10.6 Å². The van der Waals surface area contributed by atoms with Gasteiger partial charge in [-0.1, -0.05) is 6.07 Å². The predicted molar refractivity (Wildman–Crippen MR) is 64.8 cm³/mol. The second kappa shape index (κ2) is 5.07. The van der Waals surface area contributed by atoms with Gasteiger partial charge in [0.25, 0.3) is 0 Å². The molecule has 2 aromatic heterocycles. The van der Waals surface area contributed by atoms with Crippen molar-refractivity contribution in [2.45, 2.75) is 6.61 Å². The summed E-state index contributed by atoms with van der Waals surface area (Å²) in [5, 5.41) is 9.01. The maximum atomic E-state index is 11.3. The van der Waals surface area contributed by atoms with Crippen LogP contribution < -0.4 is 0 Å². The molecule has 88 valence electrons. The Morgan fingerprint density at radius 2 is 2.24 bits per heavy atom. The van der Waals surface area contributed by atoms with Crippen LogP contribution in [0.1, 0.15) is 15.4 Å². The summed E-state index contributed by atoms with van der Waals surface area (Å²) in [6, 6.07) is 8.94. The van der Waals surface area contributed by atoms with Crippen molar-refractivity contribution in [1.29, 1.82) is 0 Å². The Morgan fingerprint density at radius 3 is 2.94 bits per heavy atom. The first-order valence-electron chi connectivity index (χ1n) is 5.00. The van der Waals surface area contributed by atoms with Crippen molar-refractivity contribution < 1.29 is 14.6 Å². The van der Waals surface area contributed by atoms with Crippen molar-refractivity contribution in [1.82, 2.24) is 4.98 Å². The molecule has 1 N–H and O–H groups in total. The van der Waals surface area contributed by atoms with Crippen LogP contribution in [0.4, 0.5) is 0 Å². The molecule has 0 fully saturated rings. The number of hydrogen-bond acceptors (Lipinski definition) is 5. The van der Waals surface area contributed by atoms with Crippen LogP contribution in [0.5, 0.6) is 0 Å². The van der Waals surface area contributed by atoms with Crippen LogP contribution in [0.25, 0.3) is 10.6 Å². The van der Waals surface area contributed by atoms with Crippen molar-refractivity contribution in [3.63, 3.8) is 0 Å². The standard InChI is InChI=1S/C12H11NO3S/c1-16-12(15)11-6-5-10(17-11)9-4-2-3-8(7-14)13-9/h2-6,14H,7H2,1H3. The minimum absolute atomic E-state index is 0.0942. The zero-order valence-corrected chi connectivity index (χ0v) is 10.0. The van der Waals surface area contributed by atoms with E-state index in [1.165, 1.54) is 18.4 Å². The maximum Gasteiger partial charge on any atom is 0.348 e. The van der Waals surface area contributed by atoms with Gasteiger partial charge >= 0.3 is 5.97 Å². The third kappa shape index (κ3) is 2.51. The molecule has 0 saturated carbocycles. The van der Waals surface area contributed by atoms with Gasteiger partial charge in [0.2, 0.25) is 0 Å². The van der Waals surface area contributed by atoms with Crippen LogP contribution in [0.2, 0.25) is 0 Å². The second-order valence-electron chi connectivity index (χ2n) is 3.33. The van der Waals surface area contributed by atoms with Gasteiger partial charge in [0, 0.05) is 0 Å². The van der Waals surface area contributed by atoms with E-state index in [9.17, 15) is 4.79 Å². The third-order valence-electron chi connectivity index (χ3n) is 2.21. The molecular formula is C12H11NO3S. The normalized spacial score (nSPS) is 10.2. The summed E-state index contributed by atoms with van der Waals surface area (Å²) in [6.45, 7) is -0.0942. The fourth-order valence-electron chi connectivity index (χ4n) is 1.39. The quantitative estimate of drug-likeness (QED) is 0.846. The smallest absolute Gasteiger partial charge is 0.348 e. The van der Waals surface area contributed by atoms with Crippen LogP contribution in [-0.2, 0) is 11.3 Å². The molecular weight excluding hydrogens is 238 g/mol. The largest absolute Gasteiger partial charge is 0.465 e. The number of methoxy groups -OCH3 is 1. The van der Waals surface area contributed by atoms with Gasteiger partial charge in [-0.15, -0.1) is 11.3 Å². The first-order chi connectivity index (χ1) is 8.24. The molecule has 0 aliphatic heterocycles. The van der Waals surface area contributed by atoms with Gasteiger partial charge < -0.3 is 9.84 Å². The monoisotopic (exact) mass is 249 g/mol. The highest BCUT2D eigenvalue weighted by Gasteiger charge is 2.10. The van der Waals surface area contributed by atoms with Crippen LogP contribution in [-0.4, -0.2) is 23.2 Å². The lowest BCUT2D eigenvalue weighted by Gasteiger charge is -1.99. The topological polar surface area (TPSA) is 59.4 Å². The molecule has 17 heavy (non-hydrogen) atoms. The fourth-order valence-corrected chi connectivity index (χ4v) is 2.28. The Labute approximate surface area is 103 Å². The van der Waals surface area contributed by atoms with Crippen molar-refractivity contribution >= 4 is 17.3 Å². The molecule has 0 aliphatic rings. The number of aromatic nitrogens is 1. The number of ether oxygens (including phenoxy) is 1. The molecule has 0 saturated heterocycles. The first kappa shape index (κ1) is 11.8. The highest BCUT2D eigenvalue weighted by Crippen LogP contribution is 2.27. The van der Waals surface area contributed by atoms with Crippen LogP contribution >= 0.6 is 11.3 Å². The molecule has 5 heteroatoms. The van der Waals surface area contributed by atoms with E-state index in [2.05, 4.69) is 9.72 Å². The van der Waals surface area contributed by atoms with E-state index in [1.54, 1.807) is 12.1 Å². The molecule has 0 spiro atoms. The molecule has 0 radical (unpaired) electrons. The van der Waals surface area contributed by atoms with E-state index in [-0.39, 0.29) is 12.6 Å². The van der Waals surface area contributed by atoms with E-state index >= 15 is 0 Å². The lowest BCUT2D eigenvalue weighted by molar-refractivity contribution is 0.0606. The molecule has 0 bridgehead atoms. The number of aliphatic hydroxyl groups excluding tert-OH is 1. The van der Waals surface area contributed by atoms with Gasteiger partial charge in [-0.25, -0.2) is 9.78 Å². The summed E-state index contributed by atoms with van der Waals surface area (Å²) in [4.78, 5) is 17.0. The summed E-state index contributed by atoms with van der Waals surface area (Å²) >= 11 is 1.32. The summed E-state index contributed by atoms with van der Waals surface area (Å²) in [5.41, 5.74) is 1.35. The second-order valence-corrected chi connectivity index (χ2v) is 4.41. The van der Waals surface area contributed by atoms with Gasteiger partial charge in [0.15, 0.2) is 0 Å². The number of nitrogens with zero attached hydrogens (tertiary/aromatic N) is 1. The highest BCUT2D eigenvalue weighted by molar-refractivity contribution is 7.17. The highest BCUT2D eigenvalue weighted by atomic mass is 32.1. The van der Waals surface area contributed by atoms with E-state index in [1.807, 2.05) is 18.2 Å². The number of aliphatic hydroxyl groups is 1. The van der Waals surface area contributed by atoms with Gasteiger partial charge in [0.1, 0.15) is 4.88 Å². The number of hydrogen-bond donors (Lipinski definition) is 1. The van der Waals surface area contributed by atoms with Crippen molar-refractivity contribution in [3.8, 4) is 10.6 Å². The molecule has 2 aromatic rings. The number of rotatable bonds is 3. The zero-order valence-electron chi connectivity index (χ0n) is 9.21. The Bertz CT molecular complexity index is 536. The molecule has 0 aromatic carbocycles. The number of carbonyl (C=O) groups excluding carboxylic acids is 1. The lowest BCUT2D eigenvalue weighted by Crippen LogP contribution is -1.96. The maximum absolute atomic E-state index is 11.3. The Balaban J connectivity index is 2.33. The molecule has 2 rings (SSSR count). The Morgan fingerprint density at radius 1 is 1.41 bits per heavy atom. The predicted octanol–water partition coefficient (Wildman–Crippen LogP) is 2.09. The van der Waals surface area contributed by atoms with E-state index in [0.29, 0.717) is 10.6 Å². The Hall–Kier alpha value is -1.72. The van der Waals surface area contributed by atoms with E-state index in [4.69, 9.17) is 5.11 Å². The summed E-state index contributed by atoms with van der Waals surface area (Å²) in [6.07, 6.45) is 0. The molecule has 0 atom stereocenters. The van der Waals surface area contributed by atoms with Crippen LogP contribution in [0.3, 0.4) is 0 Å².